The minimum atomic E-state index is -0.406. The molecule has 0 radical (unpaired) electrons. The highest BCUT2D eigenvalue weighted by Crippen LogP contribution is 2.14. The molecule has 0 atom stereocenters. The normalized spacial score (nSPS) is 14.3. The van der Waals surface area contributed by atoms with Gasteiger partial charge in [0.15, 0.2) is 0 Å². The molecule has 0 saturated carbocycles. The molecule has 1 aliphatic heterocycles. The molecule has 0 unspecified atom stereocenters. The van der Waals surface area contributed by atoms with Crippen LogP contribution in [0.25, 0.3) is 0 Å². The van der Waals surface area contributed by atoms with Crippen molar-refractivity contribution >= 4 is 12.0 Å². The molecule has 6 nitrogen and oxygen atoms in total. The second kappa shape index (κ2) is 8.17. The minimum Gasteiger partial charge on any atom is -0.410 e. The van der Waals surface area contributed by atoms with E-state index in [1.807, 2.05) is 12.1 Å². The molecule has 0 aliphatic carbocycles. The van der Waals surface area contributed by atoms with E-state index in [-0.39, 0.29) is 5.91 Å². The zero-order chi connectivity index (χ0) is 18.4. The van der Waals surface area contributed by atoms with Crippen molar-refractivity contribution in [2.75, 3.05) is 26.2 Å². The van der Waals surface area contributed by atoms with Crippen molar-refractivity contribution in [2.45, 2.75) is 6.42 Å². The Morgan fingerprint density at radius 1 is 0.923 bits per heavy atom. The van der Waals surface area contributed by atoms with Crippen LogP contribution >= 0.6 is 0 Å². The van der Waals surface area contributed by atoms with Crippen LogP contribution in [0.15, 0.2) is 54.6 Å². The molecule has 1 saturated heterocycles. The van der Waals surface area contributed by atoms with E-state index in [0.29, 0.717) is 49.5 Å². The fourth-order valence-corrected chi connectivity index (χ4v) is 2.86. The number of amides is 2. The van der Waals surface area contributed by atoms with E-state index in [1.165, 1.54) is 0 Å². The van der Waals surface area contributed by atoms with Gasteiger partial charge in [0.1, 0.15) is 5.75 Å². The number of ether oxygens (including phenoxy) is 1. The Morgan fingerprint density at radius 2 is 1.65 bits per heavy atom. The van der Waals surface area contributed by atoms with Gasteiger partial charge in [-0.05, 0) is 36.8 Å². The van der Waals surface area contributed by atoms with Crippen LogP contribution in [0.2, 0.25) is 0 Å². The molecule has 3 rings (SSSR count). The first kappa shape index (κ1) is 17.5. The van der Waals surface area contributed by atoms with Crippen molar-refractivity contribution in [1.82, 2.24) is 9.80 Å². The smallest absolute Gasteiger partial charge is 0.410 e. The Morgan fingerprint density at radius 3 is 2.42 bits per heavy atom. The molecule has 132 valence electrons. The van der Waals surface area contributed by atoms with E-state index in [1.54, 1.807) is 58.3 Å². The molecule has 6 heteroatoms. The van der Waals surface area contributed by atoms with Crippen molar-refractivity contribution in [2.24, 2.45) is 0 Å². The summed E-state index contributed by atoms with van der Waals surface area (Å²) in [7, 11) is 0. The summed E-state index contributed by atoms with van der Waals surface area (Å²) in [6.45, 7) is 1.94. The second-order valence-corrected chi connectivity index (χ2v) is 6.01. The van der Waals surface area contributed by atoms with Crippen molar-refractivity contribution in [3.8, 4) is 11.8 Å². The van der Waals surface area contributed by atoms with Crippen molar-refractivity contribution in [1.29, 1.82) is 5.26 Å². The molecule has 1 heterocycles. The zero-order valence-corrected chi connectivity index (χ0v) is 14.3. The molecule has 0 aromatic heterocycles. The van der Waals surface area contributed by atoms with Gasteiger partial charge in [-0.1, -0.05) is 24.3 Å². The standard InChI is InChI=1S/C20H19N3O3/c21-15-16-6-4-7-17(14-16)19(24)22-10-5-11-23(13-12-22)20(25)26-18-8-2-1-3-9-18/h1-4,6-9,14H,5,10-13H2. The van der Waals surface area contributed by atoms with Gasteiger partial charge in [0.25, 0.3) is 5.91 Å². The Hall–Kier alpha value is -3.33. The molecular formula is C20H19N3O3. The lowest BCUT2D eigenvalue weighted by Crippen LogP contribution is -2.38. The third kappa shape index (κ3) is 4.19. The number of carbonyl (C=O) groups is 2. The van der Waals surface area contributed by atoms with E-state index >= 15 is 0 Å². The maximum atomic E-state index is 12.7. The van der Waals surface area contributed by atoms with Crippen LogP contribution in [-0.2, 0) is 0 Å². The quantitative estimate of drug-likeness (QED) is 0.835. The summed E-state index contributed by atoms with van der Waals surface area (Å²) in [6.07, 6.45) is 0.269. The number of nitriles is 1. The summed E-state index contributed by atoms with van der Waals surface area (Å²) in [5, 5.41) is 8.98. The fourth-order valence-electron chi connectivity index (χ4n) is 2.86. The molecule has 2 aromatic carbocycles. The number of hydrogen-bond donors (Lipinski definition) is 0. The highest BCUT2D eigenvalue weighted by Gasteiger charge is 2.24. The summed E-state index contributed by atoms with van der Waals surface area (Å²) >= 11 is 0. The molecule has 0 bridgehead atoms. The molecular weight excluding hydrogens is 330 g/mol. The topological polar surface area (TPSA) is 73.6 Å². The van der Waals surface area contributed by atoms with E-state index in [4.69, 9.17) is 10.00 Å². The number of carbonyl (C=O) groups excluding carboxylic acids is 2. The van der Waals surface area contributed by atoms with E-state index in [2.05, 4.69) is 0 Å². The van der Waals surface area contributed by atoms with Gasteiger partial charge in [-0.3, -0.25) is 4.79 Å². The molecule has 1 aliphatic rings. The lowest BCUT2D eigenvalue weighted by atomic mass is 10.1. The van der Waals surface area contributed by atoms with Gasteiger partial charge in [-0.15, -0.1) is 0 Å². The first-order valence-electron chi connectivity index (χ1n) is 8.48. The minimum absolute atomic E-state index is 0.125. The zero-order valence-electron chi connectivity index (χ0n) is 14.3. The Labute approximate surface area is 152 Å². The summed E-state index contributed by atoms with van der Waals surface area (Å²) in [5.41, 5.74) is 0.947. The first-order chi connectivity index (χ1) is 12.7. The lowest BCUT2D eigenvalue weighted by Gasteiger charge is -2.22. The van der Waals surface area contributed by atoms with Gasteiger partial charge in [-0.25, -0.2) is 4.79 Å². The fraction of sp³-hybridized carbons (Fsp3) is 0.250. The molecule has 2 amide bonds. The maximum absolute atomic E-state index is 12.7. The van der Waals surface area contributed by atoms with Gasteiger partial charge < -0.3 is 14.5 Å². The summed E-state index contributed by atoms with van der Waals surface area (Å²) in [4.78, 5) is 28.3. The van der Waals surface area contributed by atoms with Crippen LogP contribution in [0.4, 0.5) is 4.79 Å². The molecule has 2 aromatic rings. The van der Waals surface area contributed by atoms with Crippen molar-refractivity contribution in [3.63, 3.8) is 0 Å². The van der Waals surface area contributed by atoms with Crippen molar-refractivity contribution in [3.05, 3.63) is 65.7 Å². The average molecular weight is 349 g/mol. The van der Waals surface area contributed by atoms with Crippen molar-refractivity contribution < 1.29 is 14.3 Å². The average Bonchev–Trinajstić information content (AvgIpc) is 2.94. The molecule has 1 fully saturated rings. The summed E-state index contributed by atoms with van der Waals surface area (Å²) < 4.78 is 5.37. The van der Waals surface area contributed by atoms with Gasteiger partial charge in [0, 0.05) is 31.7 Å². The van der Waals surface area contributed by atoms with E-state index in [0.717, 1.165) is 0 Å². The highest BCUT2D eigenvalue weighted by atomic mass is 16.6. The Bertz CT molecular complexity index is 830. The summed E-state index contributed by atoms with van der Waals surface area (Å²) in [5.74, 6) is 0.378. The predicted molar refractivity (Wildman–Crippen MR) is 95.7 cm³/mol. The van der Waals surface area contributed by atoms with Crippen LogP contribution in [0.5, 0.6) is 5.75 Å². The van der Waals surface area contributed by atoms with Crippen LogP contribution in [0, 0.1) is 11.3 Å². The molecule has 26 heavy (non-hydrogen) atoms. The number of nitrogens with zero attached hydrogens (tertiary/aromatic N) is 3. The first-order valence-corrected chi connectivity index (χ1v) is 8.48. The maximum Gasteiger partial charge on any atom is 0.415 e. The Balaban J connectivity index is 1.61. The highest BCUT2D eigenvalue weighted by molar-refractivity contribution is 5.94. The summed E-state index contributed by atoms with van der Waals surface area (Å²) in [6, 6.07) is 17.6. The van der Waals surface area contributed by atoms with Gasteiger partial charge in [-0.2, -0.15) is 5.26 Å². The van der Waals surface area contributed by atoms with Gasteiger partial charge >= 0.3 is 6.09 Å². The van der Waals surface area contributed by atoms with Crippen LogP contribution in [-0.4, -0.2) is 48.0 Å². The van der Waals surface area contributed by atoms with E-state index < -0.39 is 6.09 Å². The molecule has 0 spiro atoms. The Kier molecular flexibility index (Phi) is 5.49. The second-order valence-electron chi connectivity index (χ2n) is 6.01. The third-order valence-electron chi connectivity index (χ3n) is 4.23. The van der Waals surface area contributed by atoms with Crippen LogP contribution in [0.1, 0.15) is 22.3 Å². The predicted octanol–water partition coefficient (Wildman–Crippen LogP) is 2.91. The van der Waals surface area contributed by atoms with Crippen LogP contribution < -0.4 is 4.74 Å². The SMILES string of the molecule is N#Cc1cccc(C(=O)N2CCCN(C(=O)Oc3ccccc3)CC2)c1. The lowest BCUT2D eigenvalue weighted by molar-refractivity contribution is 0.0760. The van der Waals surface area contributed by atoms with Gasteiger partial charge in [0.05, 0.1) is 11.6 Å². The molecule has 0 N–H and O–H groups in total. The third-order valence-corrected chi connectivity index (χ3v) is 4.23. The van der Waals surface area contributed by atoms with Gasteiger partial charge in [0.2, 0.25) is 0 Å². The number of para-hydroxylation sites is 1. The largest absolute Gasteiger partial charge is 0.415 e. The number of benzene rings is 2. The number of hydrogen-bond acceptors (Lipinski definition) is 4. The van der Waals surface area contributed by atoms with E-state index in [9.17, 15) is 9.59 Å². The van der Waals surface area contributed by atoms with Crippen LogP contribution in [0.3, 0.4) is 0 Å². The monoisotopic (exact) mass is 349 g/mol. The number of rotatable bonds is 2.